The quantitative estimate of drug-likeness (QED) is 0.833. The van der Waals surface area contributed by atoms with E-state index in [0.717, 1.165) is 0 Å². The lowest BCUT2D eigenvalue weighted by atomic mass is 10.3. The van der Waals surface area contributed by atoms with Crippen LogP contribution in [0.5, 0.6) is 0 Å². The molecule has 1 aliphatic rings. The number of rotatable bonds is 4. The van der Waals surface area contributed by atoms with Crippen LogP contribution < -0.4 is 10.6 Å². The highest BCUT2D eigenvalue weighted by atomic mass is 16.5. The zero-order valence-electron chi connectivity index (χ0n) is 11.4. The third kappa shape index (κ3) is 3.99. The molecule has 2 heterocycles. The van der Waals surface area contributed by atoms with Crippen LogP contribution in [0.25, 0.3) is 0 Å². The van der Waals surface area contributed by atoms with Gasteiger partial charge in [-0.15, -0.1) is 0 Å². The van der Waals surface area contributed by atoms with Crippen LogP contribution in [0.3, 0.4) is 0 Å². The summed E-state index contributed by atoms with van der Waals surface area (Å²) in [6, 6.07) is 2.69. The van der Waals surface area contributed by atoms with Gasteiger partial charge in [-0.2, -0.15) is 0 Å². The zero-order chi connectivity index (χ0) is 14.4. The van der Waals surface area contributed by atoms with Crippen molar-refractivity contribution in [3.63, 3.8) is 0 Å². The lowest BCUT2D eigenvalue weighted by Crippen LogP contribution is -2.52. The summed E-state index contributed by atoms with van der Waals surface area (Å²) in [6.07, 6.45) is 1.55. The minimum absolute atomic E-state index is 0.242. The zero-order valence-corrected chi connectivity index (χ0v) is 11.4. The van der Waals surface area contributed by atoms with Gasteiger partial charge < -0.3 is 24.7 Å². The molecular formula is C13H19N3O4. The van der Waals surface area contributed by atoms with Crippen LogP contribution in [0, 0.1) is 0 Å². The Balaban J connectivity index is 1.73. The number of ether oxygens (including phenoxy) is 1. The minimum atomic E-state index is -0.597. The lowest BCUT2D eigenvalue weighted by molar-refractivity contribution is -0.122. The number of urea groups is 1. The highest BCUT2D eigenvalue weighted by Gasteiger charge is 2.21. The molecule has 1 atom stereocenters. The molecule has 0 aromatic carbocycles. The summed E-state index contributed by atoms with van der Waals surface area (Å²) >= 11 is 0. The molecule has 1 aromatic rings. The van der Waals surface area contributed by atoms with E-state index in [9.17, 15) is 9.59 Å². The first kappa shape index (κ1) is 14.4. The molecule has 0 unspecified atom stereocenters. The van der Waals surface area contributed by atoms with Crippen molar-refractivity contribution in [1.29, 1.82) is 0 Å². The van der Waals surface area contributed by atoms with E-state index in [2.05, 4.69) is 10.6 Å². The third-order valence-corrected chi connectivity index (χ3v) is 3.05. The van der Waals surface area contributed by atoms with Crippen molar-refractivity contribution >= 4 is 11.9 Å². The van der Waals surface area contributed by atoms with Gasteiger partial charge in [0.1, 0.15) is 11.8 Å². The molecule has 1 aliphatic heterocycles. The largest absolute Gasteiger partial charge is 0.467 e. The first-order valence-electron chi connectivity index (χ1n) is 6.60. The molecular weight excluding hydrogens is 262 g/mol. The summed E-state index contributed by atoms with van der Waals surface area (Å²) in [5.74, 6) is 0.424. The number of hydrogen-bond acceptors (Lipinski definition) is 4. The number of carbonyl (C=O) groups is 2. The van der Waals surface area contributed by atoms with E-state index in [0.29, 0.717) is 38.6 Å². The molecule has 1 saturated heterocycles. The smallest absolute Gasteiger partial charge is 0.318 e. The van der Waals surface area contributed by atoms with Crippen molar-refractivity contribution < 1.29 is 18.7 Å². The van der Waals surface area contributed by atoms with E-state index in [1.807, 2.05) is 0 Å². The number of morpholine rings is 1. The molecule has 7 heteroatoms. The molecule has 0 bridgehead atoms. The highest BCUT2D eigenvalue weighted by Crippen LogP contribution is 2.00. The molecule has 20 heavy (non-hydrogen) atoms. The Bertz CT molecular complexity index is 440. The van der Waals surface area contributed by atoms with Crippen LogP contribution in [0.15, 0.2) is 22.8 Å². The number of nitrogens with zero attached hydrogens (tertiary/aromatic N) is 1. The van der Waals surface area contributed by atoms with E-state index in [1.54, 1.807) is 30.2 Å². The van der Waals surface area contributed by atoms with Gasteiger partial charge in [0, 0.05) is 13.1 Å². The van der Waals surface area contributed by atoms with Crippen molar-refractivity contribution in [2.45, 2.75) is 19.5 Å². The first-order chi connectivity index (χ1) is 9.66. The predicted molar refractivity (Wildman–Crippen MR) is 70.9 cm³/mol. The molecule has 0 saturated carbocycles. The number of nitrogens with one attached hydrogen (secondary N) is 2. The van der Waals surface area contributed by atoms with E-state index < -0.39 is 6.04 Å². The summed E-state index contributed by atoms with van der Waals surface area (Å²) in [6.45, 7) is 4.12. The maximum absolute atomic E-state index is 11.9. The second-order valence-electron chi connectivity index (χ2n) is 4.57. The summed E-state index contributed by atoms with van der Waals surface area (Å²) in [5.41, 5.74) is 0. The van der Waals surface area contributed by atoms with Gasteiger partial charge in [0.2, 0.25) is 5.91 Å². The van der Waals surface area contributed by atoms with E-state index in [4.69, 9.17) is 9.15 Å². The predicted octanol–water partition coefficient (Wildman–Crippen LogP) is 0.326. The Morgan fingerprint density at radius 3 is 2.80 bits per heavy atom. The molecule has 2 N–H and O–H groups in total. The first-order valence-corrected chi connectivity index (χ1v) is 6.60. The second-order valence-corrected chi connectivity index (χ2v) is 4.57. The average molecular weight is 281 g/mol. The topological polar surface area (TPSA) is 83.8 Å². The van der Waals surface area contributed by atoms with Gasteiger partial charge in [-0.1, -0.05) is 0 Å². The standard InChI is InChI=1S/C13H19N3O4/c1-10(12(17)14-9-11-3-2-6-20-11)15-13(18)16-4-7-19-8-5-16/h2-3,6,10H,4-5,7-9H2,1H3,(H,14,17)(H,15,18)/t10-/m0/s1. The Morgan fingerprint density at radius 1 is 1.40 bits per heavy atom. The van der Waals surface area contributed by atoms with Crippen LogP contribution in [0.1, 0.15) is 12.7 Å². The fraction of sp³-hybridized carbons (Fsp3) is 0.538. The fourth-order valence-electron chi connectivity index (χ4n) is 1.85. The van der Waals surface area contributed by atoms with E-state index in [1.165, 1.54) is 0 Å². The molecule has 1 aromatic heterocycles. The van der Waals surface area contributed by atoms with Gasteiger partial charge >= 0.3 is 6.03 Å². The molecule has 0 aliphatic carbocycles. The minimum Gasteiger partial charge on any atom is -0.467 e. The van der Waals surface area contributed by atoms with Crippen molar-refractivity contribution in [2.75, 3.05) is 26.3 Å². The number of carbonyl (C=O) groups excluding carboxylic acids is 2. The van der Waals surface area contributed by atoms with Crippen molar-refractivity contribution in [2.24, 2.45) is 0 Å². The van der Waals surface area contributed by atoms with Crippen molar-refractivity contribution in [3.05, 3.63) is 24.2 Å². The maximum atomic E-state index is 11.9. The lowest BCUT2D eigenvalue weighted by Gasteiger charge is -2.28. The normalized spacial score (nSPS) is 16.6. The van der Waals surface area contributed by atoms with E-state index >= 15 is 0 Å². The average Bonchev–Trinajstić information content (AvgIpc) is 2.98. The molecule has 7 nitrogen and oxygen atoms in total. The molecule has 3 amide bonds. The van der Waals surface area contributed by atoms with Crippen LogP contribution in [-0.4, -0.2) is 49.2 Å². The summed E-state index contributed by atoms with van der Waals surface area (Å²) < 4.78 is 10.3. The number of furan rings is 1. The Kier molecular flexibility index (Phi) is 5.00. The number of hydrogen-bond donors (Lipinski definition) is 2. The molecule has 2 rings (SSSR count). The molecule has 0 radical (unpaired) electrons. The van der Waals surface area contributed by atoms with E-state index in [-0.39, 0.29) is 11.9 Å². The van der Waals surface area contributed by atoms with Gasteiger partial charge in [0.15, 0.2) is 0 Å². The number of amides is 3. The van der Waals surface area contributed by atoms with Crippen LogP contribution >= 0.6 is 0 Å². The molecule has 110 valence electrons. The summed E-state index contributed by atoms with van der Waals surface area (Å²) in [4.78, 5) is 25.4. The summed E-state index contributed by atoms with van der Waals surface area (Å²) in [7, 11) is 0. The Hall–Kier alpha value is -2.02. The van der Waals surface area contributed by atoms with Crippen molar-refractivity contribution in [1.82, 2.24) is 15.5 Å². The maximum Gasteiger partial charge on any atom is 0.318 e. The van der Waals surface area contributed by atoms with Gasteiger partial charge in [0.25, 0.3) is 0 Å². The highest BCUT2D eigenvalue weighted by molar-refractivity contribution is 5.86. The van der Waals surface area contributed by atoms with Crippen LogP contribution in [-0.2, 0) is 16.1 Å². The summed E-state index contributed by atoms with van der Waals surface area (Å²) in [5, 5.41) is 5.37. The Morgan fingerprint density at radius 2 is 2.15 bits per heavy atom. The SMILES string of the molecule is C[C@H](NC(=O)N1CCOCC1)C(=O)NCc1ccco1. The fourth-order valence-corrected chi connectivity index (χ4v) is 1.85. The van der Waals surface area contributed by atoms with Gasteiger partial charge in [-0.3, -0.25) is 4.79 Å². The van der Waals surface area contributed by atoms with Crippen LogP contribution in [0.2, 0.25) is 0 Å². The van der Waals surface area contributed by atoms with Gasteiger partial charge in [-0.05, 0) is 19.1 Å². The molecule has 1 fully saturated rings. The monoisotopic (exact) mass is 281 g/mol. The van der Waals surface area contributed by atoms with Gasteiger partial charge in [-0.25, -0.2) is 4.79 Å². The third-order valence-electron chi connectivity index (χ3n) is 3.05. The molecule has 0 spiro atoms. The van der Waals surface area contributed by atoms with Gasteiger partial charge in [0.05, 0.1) is 26.0 Å². The second kappa shape index (κ2) is 6.95. The van der Waals surface area contributed by atoms with Crippen LogP contribution in [0.4, 0.5) is 4.79 Å². The Labute approximate surface area is 117 Å². The van der Waals surface area contributed by atoms with Crippen molar-refractivity contribution in [3.8, 4) is 0 Å².